The lowest BCUT2D eigenvalue weighted by Gasteiger charge is -2.30. The molecule has 2 aromatic heterocycles. The number of nitrogens with zero attached hydrogens (tertiary/aromatic N) is 5. The molecule has 0 aromatic carbocycles. The minimum Gasteiger partial charge on any atom is -0.338 e. The first-order chi connectivity index (χ1) is 11.2. The highest BCUT2D eigenvalue weighted by Gasteiger charge is 2.32. The largest absolute Gasteiger partial charge is 0.338 e. The number of carbonyl (C=O) groups is 1. The fraction of sp³-hybridized carbons (Fsp3) is 0.600. The molecule has 1 atom stereocenters. The SMILES string of the molecule is Cn1cc(N2CCCC(SCc3nc(C4CC4)no3)C2=O)cn1. The molecule has 2 aliphatic rings. The van der Waals surface area contributed by atoms with Crippen LogP contribution in [-0.2, 0) is 17.6 Å². The standard InChI is InChI=1S/C15H19N5O2S/c1-19-8-11(7-16-19)20-6-2-3-12(15(20)21)23-9-13-17-14(18-22-13)10-4-5-10/h7-8,10,12H,2-6,9H2,1H3. The molecule has 1 amide bonds. The first-order valence-electron chi connectivity index (χ1n) is 7.95. The summed E-state index contributed by atoms with van der Waals surface area (Å²) in [6.45, 7) is 0.758. The van der Waals surface area contributed by atoms with Gasteiger partial charge in [0.2, 0.25) is 11.8 Å². The summed E-state index contributed by atoms with van der Waals surface area (Å²) in [5.41, 5.74) is 0.872. The van der Waals surface area contributed by atoms with Crippen LogP contribution in [0, 0.1) is 0 Å². The van der Waals surface area contributed by atoms with E-state index >= 15 is 0 Å². The monoisotopic (exact) mass is 333 g/mol. The summed E-state index contributed by atoms with van der Waals surface area (Å²) < 4.78 is 7.01. The van der Waals surface area contributed by atoms with Crippen LogP contribution in [0.15, 0.2) is 16.9 Å². The van der Waals surface area contributed by atoms with E-state index in [0.29, 0.717) is 17.6 Å². The van der Waals surface area contributed by atoms with Crippen molar-refractivity contribution in [3.05, 3.63) is 24.1 Å². The van der Waals surface area contributed by atoms with Gasteiger partial charge in [-0.25, -0.2) is 0 Å². The van der Waals surface area contributed by atoms with Gasteiger partial charge in [-0.15, -0.1) is 11.8 Å². The molecule has 0 spiro atoms. The van der Waals surface area contributed by atoms with Gasteiger partial charge in [-0.2, -0.15) is 10.1 Å². The lowest BCUT2D eigenvalue weighted by molar-refractivity contribution is -0.119. The molecule has 0 radical (unpaired) electrons. The van der Waals surface area contributed by atoms with Gasteiger partial charge in [-0.05, 0) is 25.7 Å². The van der Waals surface area contributed by atoms with Crippen LogP contribution in [0.25, 0.3) is 0 Å². The molecule has 1 saturated heterocycles. The summed E-state index contributed by atoms with van der Waals surface area (Å²) in [5, 5.41) is 8.12. The third kappa shape index (κ3) is 3.12. The van der Waals surface area contributed by atoms with Gasteiger partial charge in [-0.1, -0.05) is 5.16 Å². The second kappa shape index (κ2) is 5.99. The average Bonchev–Trinajstić information content (AvgIpc) is 3.14. The summed E-state index contributed by atoms with van der Waals surface area (Å²) in [6.07, 6.45) is 7.83. The van der Waals surface area contributed by atoms with E-state index in [-0.39, 0.29) is 11.2 Å². The van der Waals surface area contributed by atoms with Crippen molar-refractivity contribution in [2.24, 2.45) is 7.05 Å². The molecule has 8 heteroatoms. The molecule has 7 nitrogen and oxygen atoms in total. The summed E-state index contributed by atoms with van der Waals surface area (Å²) >= 11 is 1.59. The van der Waals surface area contributed by atoms with Crippen LogP contribution >= 0.6 is 11.8 Å². The zero-order chi connectivity index (χ0) is 15.8. The molecular formula is C15H19N5O2S. The third-order valence-corrected chi connectivity index (χ3v) is 5.48. The Kier molecular flexibility index (Phi) is 3.84. The number of piperidine rings is 1. The van der Waals surface area contributed by atoms with E-state index in [1.54, 1.807) is 22.6 Å². The Morgan fingerprint density at radius 3 is 3.00 bits per heavy atom. The van der Waals surface area contributed by atoms with Gasteiger partial charge in [0.15, 0.2) is 5.82 Å². The molecule has 2 fully saturated rings. The molecule has 1 saturated carbocycles. The first kappa shape index (κ1) is 14.7. The Labute approximate surface area is 138 Å². The van der Waals surface area contributed by atoms with E-state index in [2.05, 4.69) is 15.2 Å². The second-order valence-electron chi connectivity index (χ2n) is 6.12. The predicted molar refractivity (Wildman–Crippen MR) is 86.2 cm³/mol. The lowest BCUT2D eigenvalue weighted by atomic mass is 10.1. The highest BCUT2D eigenvalue weighted by molar-refractivity contribution is 7.99. The zero-order valence-electron chi connectivity index (χ0n) is 13.0. The molecule has 1 aliphatic carbocycles. The number of thioether (sulfide) groups is 1. The van der Waals surface area contributed by atoms with Crippen LogP contribution in [0.4, 0.5) is 5.69 Å². The third-order valence-electron chi connectivity index (χ3n) is 4.23. The van der Waals surface area contributed by atoms with E-state index in [1.807, 2.05) is 18.1 Å². The summed E-state index contributed by atoms with van der Waals surface area (Å²) in [6, 6.07) is 0. The fourth-order valence-electron chi connectivity index (χ4n) is 2.81. The maximum Gasteiger partial charge on any atom is 0.240 e. The lowest BCUT2D eigenvalue weighted by Crippen LogP contribution is -2.42. The Morgan fingerprint density at radius 1 is 1.39 bits per heavy atom. The number of aryl methyl sites for hydroxylation is 1. The molecule has 122 valence electrons. The Balaban J connectivity index is 1.38. The number of hydrogen-bond donors (Lipinski definition) is 0. The van der Waals surface area contributed by atoms with Crippen molar-refractivity contribution >= 4 is 23.4 Å². The van der Waals surface area contributed by atoms with Gasteiger partial charge in [0, 0.05) is 25.7 Å². The first-order valence-corrected chi connectivity index (χ1v) is 8.99. The number of amides is 1. The van der Waals surface area contributed by atoms with Crippen molar-refractivity contribution in [3.8, 4) is 0 Å². The topological polar surface area (TPSA) is 77.0 Å². The van der Waals surface area contributed by atoms with Crippen molar-refractivity contribution in [3.63, 3.8) is 0 Å². The molecule has 2 aromatic rings. The highest BCUT2D eigenvalue weighted by Crippen LogP contribution is 2.38. The molecular weight excluding hydrogens is 314 g/mol. The zero-order valence-corrected chi connectivity index (χ0v) is 13.8. The van der Waals surface area contributed by atoms with Crippen molar-refractivity contribution in [1.29, 1.82) is 0 Å². The fourth-order valence-corrected chi connectivity index (χ4v) is 3.87. The molecule has 3 heterocycles. The number of carbonyl (C=O) groups excluding carboxylic acids is 1. The smallest absolute Gasteiger partial charge is 0.240 e. The molecule has 0 bridgehead atoms. The normalized spacial score (nSPS) is 21.9. The summed E-state index contributed by atoms with van der Waals surface area (Å²) in [4.78, 5) is 18.9. The van der Waals surface area contributed by atoms with E-state index in [1.165, 1.54) is 0 Å². The molecule has 0 N–H and O–H groups in total. The quantitative estimate of drug-likeness (QED) is 0.834. The van der Waals surface area contributed by atoms with Gasteiger partial charge in [0.1, 0.15) is 0 Å². The minimum absolute atomic E-state index is 0.0553. The van der Waals surface area contributed by atoms with Gasteiger partial charge in [-0.3, -0.25) is 9.48 Å². The van der Waals surface area contributed by atoms with Crippen LogP contribution in [0.3, 0.4) is 0 Å². The van der Waals surface area contributed by atoms with Crippen molar-refractivity contribution in [2.45, 2.75) is 42.6 Å². The van der Waals surface area contributed by atoms with Gasteiger partial charge in [0.05, 0.1) is 22.9 Å². The van der Waals surface area contributed by atoms with E-state index in [0.717, 1.165) is 43.7 Å². The van der Waals surface area contributed by atoms with Gasteiger partial charge in [0.25, 0.3) is 0 Å². The maximum absolute atomic E-state index is 12.7. The number of aromatic nitrogens is 4. The summed E-state index contributed by atoms with van der Waals surface area (Å²) in [5.74, 6) is 2.69. The predicted octanol–water partition coefficient (Wildman–Crippen LogP) is 2.11. The van der Waals surface area contributed by atoms with Crippen LogP contribution in [0.2, 0.25) is 0 Å². The van der Waals surface area contributed by atoms with E-state index in [4.69, 9.17) is 4.52 Å². The molecule has 1 unspecified atom stereocenters. The van der Waals surface area contributed by atoms with Crippen molar-refractivity contribution < 1.29 is 9.32 Å². The van der Waals surface area contributed by atoms with E-state index in [9.17, 15) is 4.79 Å². The van der Waals surface area contributed by atoms with Crippen molar-refractivity contribution in [2.75, 3.05) is 11.4 Å². The Morgan fingerprint density at radius 2 is 2.26 bits per heavy atom. The summed E-state index contributed by atoms with van der Waals surface area (Å²) in [7, 11) is 1.86. The number of anilines is 1. The number of rotatable bonds is 5. The molecule has 4 rings (SSSR count). The van der Waals surface area contributed by atoms with Crippen LogP contribution in [0.1, 0.15) is 43.3 Å². The van der Waals surface area contributed by atoms with Crippen molar-refractivity contribution in [1.82, 2.24) is 19.9 Å². The number of hydrogen-bond acceptors (Lipinski definition) is 6. The Bertz CT molecular complexity index is 708. The van der Waals surface area contributed by atoms with Crippen LogP contribution < -0.4 is 4.90 Å². The average molecular weight is 333 g/mol. The van der Waals surface area contributed by atoms with E-state index < -0.39 is 0 Å². The Hall–Kier alpha value is -1.83. The van der Waals surface area contributed by atoms with Crippen LogP contribution in [0.5, 0.6) is 0 Å². The van der Waals surface area contributed by atoms with Crippen LogP contribution in [-0.4, -0.2) is 37.6 Å². The molecule has 1 aliphatic heterocycles. The maximum atomic E-state index is 12.7. The van der Waals surface area contributed by atoms with Gasteiger partial charge >= 0.3 is 0 Å². The van der Waals surface area contributed by atoms with Gasteiger partial charge < -0.3 is 9.42 Å². The second-order valence-corrected chi connectivity index (χ2v) is 7.32. The molecule has 23 heavy (non-hydrogen) atoms. The highest BCUT2D eigenvalue weighted by atomic mass is 32.2. The minimum atomic E-state index is -0.0553.